The normalized spacial score (nSPS) is 35.6. The molecule has 0 radical (unpaired) electrons. The summed E-state index contributed by atoms with van der Waals surface area (Å²) in [6.07, 6.45) is -2.21. The molecule has 0 aliphatic carbocycles. The van der Waals surface area contributed by atoms with Crippen molar-refractivity contribution in [2.75, 3.05) is 13.7 Å². The van der Waals surface area contributed by atoms with Gasteiger partial charge in [-0.05, 0) is 25.3 Å². The summed E-state index contributed by atoms with van der Waals surface area (Å²) in [6.45, 7) is 3.52. The van der Waals surface area contributed by atoms with Crippen molar-refractivity contribution >= 4 is 11.3 Å². The molecule has 5 atom stereocenters. The summed E-state index contributed by atoms with van der Waals surface area (Å²) >= 11 is 1.55. The van der Waals surface area contributed by atoms with E-state index in [1.807, 2.05) is 30.7 Å². The van der Waals surface area contributed by atoms with E-state index in [4.69, 9.17) is 23.7 Å². The molecule has 0 amide bonds. The van der Waals surface area contributed by atoms with Crippen LogP contribution in [0.4, 0.5) is 0 Å². The lowest BCUT2D eigenvalue weighted by Gasteiger charge is -2.29. The largest absolute Gasteiger partial charge is 0.484 e. The first-order valence-electron chi connectivity index (χ1n) is 6.87. The van der Waals surface area contributed by atoms with E-state index in [-0.39, 0.29) is 12.7 Å². The molecule has 1 aromatic heterocycles. The fourth-order valence-corrected chi connectivity index (χ4v) is 3.29. The van der Waals surface area contributed by atoms with E-state index in [2.05, 4.69) is 0 Å². The zero-order chi connectivity index (χ0) is 15.0. The topological polar surface area (TPSA) is 66.4 Å². The molecule has 6 nitrogen and oxygen atoms in total. The van der Waals surface area contributed by atoms with Gasteiger partial charge in [0, 0.05) is 12.5 Å². The van der Waals surface area contributed by atoms with Gasteiger partial charge in [-0.2, -0.15) is 0 Å². The van der Waals surface area contributed by atoms with E-state index >= 15 is 0 Å². The van der Waals surface area contributed by atoms with E-state index in [0.717, 1.165) is 5.75 Å². The number of hydrogen-bond donors (Lipinski definition) is 1. The Hall–Kier alpha value is -0.700. The number of hydrogen-bond acceptors (Lipinski definition) is 7. The third kappa shape index (κ3) is 2.94. The van der Waals surface area contributed by atoms with Crippen LogP contribution in [0.3, 0.4) is 0 Å². The van der Waals surface area contributed by atoms with E-state index in [1.54, 1.807) is 11.3 Å². The molecule has 2 aliphatic heterocycles. The minimum atomic E-state index is -0.710. The molecule has 0 saturated carbocycles. The zero-order valence-electron chi connectivity index (χ0n) is 12.2. The van der Waals surface area contributed by atoms with Crippen molar-refractivity contribution in [2.45, 2.75) is 50.3 Å². The highest BCUT2D eigenvalue weighted by molar-refractivity contribution is 7.08. The summed E-state index contributed by atoms with van der Waals surface area (Å²) in [7, 11) is 1.53. The smallest absolute Gasteiger partial charge is 0.191 e. The van der Waals surface area contributed by atoms with Crippen molar-refractivity contribution in [2.24, 2.45) is 0 Å². The fourth-order valence-electron chi connectivity index (χ4n) is 2.73. The van der Waals surface area contributed by atoms with Gasteiger partial charge < -0.3 is 28.8 Å². The number of fused-ring (bicyclic) bond motifs is 1. The van der Waals surface area contributed by atoms with Crippen molar-refractivity contribution in [3.05, 3.63) is 16.8 Å². The number of aliphatic hydroxyl groups excluding tert-OH is 1. The van der Waals surface area contributed by atoms with Crippen LogP contribution < -0.4 is 4.74 Å². The zero-order valence-corrected chi connectivity index (χ0v) is 13.0. The van der Waals surface area contributed by atoms with Gasteiger partial charge >= 0.3 is 0 Å². The minimum absolute atomic E-state index is 0.159. The lowest BCUT2D eigenvalue weighted by molar-refractivity contribution is -0.227. The summed E-state index contributed by atoms with van der Waals surface area (Å²) in [5.74, 6) is 0.0403. The average molecular weight is 316 g/mol. The average Bonchev–Trinajstić information content (AvgIpc) is 3.09. The highest BCUT2D eigenvalue weighted by atomic mass is 32.1. The van der Waals surface area contributed by atoms with Gasteiger partial charge in [-0.25, -0.2) is 0 Å². The van der Waals surface area contributed by atoms with E-state index in [1.165, 1.54) is 7.11 Å². The highest BCUT2D eigenvalue weighted by Crippen LogP contribution is 2.40. The van der Waals surface area contributed by atoms with Crippen LogP contribution >= 0.6 is 11.3 Å². The van der Waals surface area contributed by atoms with Crippen molar-refractivity contribution < 1.29 is 28.8 Å². The molecule has 0 bridgehead atoms. The minimum Gasteiger partial charge on any atom is -0.484 e. The number of thiophene rings is 1. The van der Waals surface area contributed by atoms with Crippen LogP contribution in [0.2, 0.25) is 0 Å². The maximum absolute atomic E-state index is 9.46. The van der Waals surface area contributed by atoms with Gasteiger partial charge in [0.1, 0.15) is 18.0 Å². The van der Waals surface area contributed by atoms with Crippen molar-refractivity contribution in [1.82, 2.24) is 0 Å². The van der Waals surface area contributed by atoms with Crippen LogP contribution in [0, 0.1) is 0 Å². The summed E-state index contributed by atoms with van der Waals surface area (Å²) in [5, 5.41) is 13.3. The van der Waals surface area contributed by atoms with Gasteiger partial charge in [0.05, 0.1) is 6.61 Å². The van der Waals surface area contributed by atoms with Crippen LogP contribution in [0.5, 0.6) is 5.75 Å². The van der Waals surface area contributed by atoms with Crippen LogP contribution in [0.1, 0.15) is 13.8 Å². The van der Waals surface area contributed by atoms with Crippen LogP contribution in [-0.4, -0.2) is 55.3 Å². The summed E-state index contributed by atoms with van der Waals surface area (Å²) < 4.78 is 28.8. The lowest BCUT2D eigenvalue weighted by Crippen LogP contribution is -2.46. The second-order valence-electron chi connectivity index (χ2n) is 5.57. The molecule has 2 aliphatic rings. The van der Waals surface area contributed by atoms with Gasteiger partial charge in [-0.1, -0.05) is 0 Å². The second-order valence-corrected chi connectivity index (χ2v) is 6.35. The molecule has 1 aromatic rings. The Morgan fingerprint density at radius 2 is 2.24 bits per heavy atom. The van der Waals surface area contributed by atoms with Gasteiger partial charge in [-0.15, -0.1) is 11.3 Å². The van der Waals surface area contributed by atoms with Gasteiger partial charge in [-0.3, -0.25) is 0 Å². The Bertz CT molecular complexity index is 458. The highest BCUT2D eigenvalue weighted by Gasteiger charge is 2.58. The Morgan fingerprint density at radius 3 is 2.86 bits per heavy atom. The molecule has 2 saturated heterocycles. The van der Waals surface area contributed by atoms with Gasteiger partial charge in [0.2, 0.25) is 0 Å². The van der Waals surface area contributed by atoms with E-state index in [0.29, 0.717) is 0 Å². The molecular formula is C14H20O6S. The predicted octanol–water partition coefficient (Wildman–Crippen LogP) is 1.38. The molecular weight excluding hydrogens is 296 g/mol. The van der Waals surface area contributed by atoms with Crippen LogP contribution in [-0.2, 0) is 18.9 Å². The van der Waals surface area contributed by atoms with E-state index < -0.39 is 30.4 Å². The molecule has 0 unspecified atom stereocenters. The molecule has 3 rings (SSSR count). The van der Waals surface area contributed by atoms with Crippen LogP contribution in [0.25, 0.3) is 0 Å². The quantitative estimate of drug-likeness (QED) is 0.885. The summed E-state index contributed by atoms with van der Waals surface area (Å²) in [6, 6.07) is 1.89. The Labute approximate surface area is 127 Å². The molecule has 0 spiro atoms. The SMILES string of the molecule is CO[C@H](CO)[C@H]1O[C@@H]2OC(C)(C)O[C@@H]2[C@H]1Oc1ccsc1. The molecule has 21 heavy (non-hydrogen) atoms. The number of methoxy groups -OCH3 is 1. The Kier molecular flexibility index (Phi) is 4.22. The standard InChI is InChI=1S/C14H20O6S/c1-14(2)19-12-11(17-8-4-5-21-7-8)10(9(6-15)16-3)18-13(12)20-14/h4-5,7,9-13,15H,6H2,1-3H3/t9-,10-,11+,12-,13-/m1/s1. The summed E-state index contributed by atoms with van der Waals surface area (Å²) in [5.41, 5.74) is 0. The molecule has 1 N–H and O–H groups in total. The van der Waals surface area contributed by atoms with E-state index in [9.17, 15) is 5.11 Å². The monoisotopic (exact) mass is 316 g/mol. The van der Waals surface area contributed by atoms with Crippen molar-refractivity contribution in [3.63, 3.8) is 0 Å². The fraction of sp³-hybridized carbons (Fsp3) is 0.714. The first kappa shape index (κ1) is 15.2. The molecule has 2 fully saturated rings. The molecule has 7 heteroatoms. The number of aliphatic hydroxyl groups is 1. The van der Waals surface area contributed by atoms with Crippen LogP contribution in [0.15, 0.2) is 16.8 Å². The molecule has 0 aromatic carbocycles. The maximum Gasteiger partial charge on any atom is 0.191 e. The lowest BCUT2D eigenvalue weighted by atomic mass is 10.1. The predicted molar refractivity (Wildman–Crippen MR) is 75.3 cm³/mol. The first-order chi connectivity index (χ1) is 10.0. The third-order valence-electron chi connectivity index (χ3n) is 3.64. The number of ether oxygens (including phenoxy) is 5. The van der Waals surface area contributed by atoms with Gasteiger partial charge in [0.25, 0.3) is 0 Å². The molecule has 118 valence electrons. The maximum atomic E-state index is 9.46. The Morgan fingerprint density at radius 1 is 1.43 bits per heavy atom. The third-order valence-corrected chi connectivity index (χ3v) is 4.30. The first-order valence-corrected chi connectivity index (χ1v) is 7.82. The molecule has 3 heterocycles. The second kappa shape index (κ2) is 5.83. The number of rotatable bonds is 5. The summed E-state index contributed by atoms with van der Waals surface area (Å²) in [4.78, 5) is 0. The van der Waals surface area contributed by atoms with Gasteiger partial charge in [0.15, 0.2) is 24.3 Å². The Balaban J connectivity index is 1.81. The van der Waals surface area contributed by atoms with Crippen molar-refractivity contribution in [1.29, 1.82) is 0 Å². The van der Waals surface area contributed by atoms with Crippen molar-refractivity contribution in [3.8, 4) is 5.75 Å².